The van der Waals surface area contributed by atoms with Gasteiger partial charge in [0.2, 0.25) is 0 Å². The molecule has 0 aliphatic carbocycles. The summed E-state index contributed by atoms with van der Waals surface area (Å²) >= 11 is 1.70. The van der Waals surface area contributed by atoms with Gasteiger partial charge in [-0.2, -0.15) is 0 Å². The summed E-state index contributed by atoms with van der Waals surface area (Å²) < 4.78 is 0. The fraction of sp³-hybridized carbons (Fsp3) is 0.176. The van der Waals surface area contributed by atoms with Crippen LogP contribution >= 0.6 is 11.8 Å². The highest BCUT2D eigenvalue weighted by Gasteiger charge is 2.33. The Bertz CT molecular complexity index is 739. The normalized spacial score (nSPS) is 13.7. The van der Waals surface area contributed by atoms with Crippen LogP contribution in [0.3, 0.4) is 0 Å². The van der Waals surface area contributed by atoms with Crippen molar-refractivity contribution in [2.24, 2.45) is 0 Å². The molecule has 0 saturated heterocycles. The lowest BCUT2D eigenvalue weighted by Crippen LogP contribution is -2.24. The first kappa shape index (κ1) is 13.9. The summed E-state index contributed by atoms with van der Waals surface area (Å²) in [6.45, 7) is 2.08. The van der Waals surface area contributed by atoms with E-state index >= 15 is 0 Å². The summed E-state index contributed by atoms with van der Waals surface area (Å²) in [7, 11) is 1.64. The number of ketones is 1. The van der Waals surface area contributed by atoms with Crippen molar-refractivity contribution < 1.29 is 9.59 Å². The lowest BCUT2D eigenvalue weighted by atomic mass is 10.1. The lowest BCUT2D eigenvalue weighted by molar-refractivity contribution is -0.114. The van der Waals surface area contributed by atoms with E-state index in [1.807, 2.05) is 12.1 Å². The second-order valence-electron chi connectivity index (χ2n) is 5.15. The molecule has 0 radical (unpaired) electrons. The number of hydrogen-bond acceptors (Lipinski definition) is 3. The lowest BCUT2D eigenvalue weighted by Gasteiger charge is -2.10. The predicted molar refractivity (Wildman–Crippen MR) is 84.9 cm³/mol. The molecule has 21 heavy (non-hydrogen) atoms. The highest BCUT2D eigenvalue weighted by Crippen LogP contribution is 2.33. The number of rotatable bonds is 3. The van der Waals surface area contributed by atoms with Gasteiger partial charge in [0.05, 0.1) is 11.3 Å². The topological polar surface area (TPSA) is 37.4 Å². The Morgan fingerprint density at radius 2 is 1.90 bits per heavy atom. The van der Waals surface area contributed by atoms with E-state index in [-0.39, 0.29) is 0 Å². The van der Waals surface area contributed by atoms with Gasteiger partial charge in [-0.1, -0.05) is 29.8 Å². The molecule has 106 valence electrons. The van der Waals surface area contributed by atoms with Crippen molar-refractivity contribution in [2.75, 3.05) is 11.9 Å². The minimum Gasteiger partial charge on any atom is -0.308 e. The van der Waals surface area contributed by atoms with E-state index in [0.717, 1.165) is 10.6 Å². The summed E-state index contributed by atoms with van der Waals surface area (Å²) in [5, 5.41) is 0. The number of fused-ring (bicyclic) bond motifs is 1. The number of hydrogen-bond donors (Lipinski definition) is 0. The summed E-state index contributed by atoms with van der Waals surface area (Å²) in [6, 6.07) is 14.0. The number of likely N-dealkylation sites (N-methyl/N-ethyl adjacent to an activating group) is 1. The molecule has 0 bridgehead atoms. The Balaban J connectivity index is 1.80. The third kappa shape index (κ3) is 2.59. The maximum absolute atomic E-state index is 11.7. The van der Waals surface area contributed by atoms with Gasteiger partial charge in [0.25, 0.3) is 11.7 Å². The van der Waals surface area contributed by atoms with Gasteiger partial charge in [-0.15, -0.1) is 11.8 Å². The number of amides is 1. The number of Topliss-reactive ketones (excluding diaryl/α,β-unsaturated/α-hetero) is 1. The van der Waals surface area contributed by atoms with Crippen LogP contribution in [0.1, 0.15) is 21.5 Å². The number of carbonyl (C=O) groups is 2. The highest BCUT2D eigenvalue weighted by molar-refractivity contribution is 7.98. The van der Waals surface area contributed by atoms with E-state index < -0.39 is 11.7 Å². The Morgan fingerprint density at radius 3 is 2.67 bits per heavy atom. The number of benzene rings is 2. The van der Waals surface area contributed by atoms with Crippen molar-refractivity contribution in [1.29, 1.82) is 0 Å². The summed E-state index contributed by atoms with van der Waals surface area (Å²) in [4.78, 5) is 25.9. The second kappa shape index (κ2) is 5.37. The fourth-order valence-electron chi connectivity index (χ4n) is 2.42. The minimum absolute atomic E-state index is 0.414. The van der Waals surface area contributed by atoms with E-state index in [2.05, 4.69) is 31.2 Å². The van der Waals surface area contributed by atoms with Crippen LogP contribution in [0.25, 0.3) is 0 Å². The third-order valence-electron chi connectivity index (χ3n) is 3.56. The van der Waals surface area contributed by atoms with Gasteiger partial charge in [-0.05, 0) is 30.7 Å². The van der Waals surface area contributed by atoms with Crippen LogP contribution in [0.5, 0.6) is 0 Å². The molecule has 3 nitrogen and oxygen atoms in total. The monoisotopic (exact) mass is 297 g/mol. The number of carbonyl (C=O) groups excluding carboxylic acids is 2. The maximum Gasteiger partial charge on any atom is 0.299 e. The van der Waals surface area contributed by atoms with Crippen LogP contribution in [0, 0.1) is 6.92 Å². The predicted octanol–water partition coefficient (Wildman–Crippen LogP) is 3.45. The van der Waals surface area contributed by atoms with Crippen LogP contribution < -0.4 is 4.90 Å². The van der Waals surface area contributed by atoms with Crippen molar-refractivity contribution in [3.63, 3.8) is 0 Å². The van der Waals surface area contributed by atoms with E-state index in [0.29, 0.717) is 11.3 Å². The number of aryl methyl sites for hydroxylation is 1. The SMILES string of the molecule is Cc1cccc(CSc2ccc3c(c2)N(C)C(=O)C3=O)c1. The minimum atomic E-state index is -0.453. The first-order valence-corrected chi connectivity index (χ1v) is 7.69. The van der Waals surface area contributed by atoms with Crippen molar-refractivity contribution in [3.05, 3.63) is 59.2 Å². The molecule has 1 aliphatic heterocycles. The molecule has 2 aromatic rings. The highest BCUT2D eigenvalue weighted by atomic mass is 32.2. The molecule has 0 atom stereocenters. The Labute approximate surface area is 128 Å². The van der Waals surface area contributed by atoms with Crippen LogP contribution in [0.4, 0.5) is 5.69 Å². The van der Waals surface area contributed by atoms with E-state index in [1.165, 1.54) is 16.0 Å². The zero-order valence-electron chi connectivity index (χ0n) is 11.9. The molecule has 0 fully saturated rings. The number of nitrogens with zero attached hydrogens (tertiary/aromatic N) is 1. The van der Waals surface area contributed by atoms with Gasteiger partial charge in [-0.25, -0.2) is 0 Å². The van der Waals surface area contributed by atoms with Crippen molar-refractivity contribution in [2.45, 2.75) is 17.6 Å². The van der Waals surface area contributed by atoms with Gasteiger partial charge in [0, 0.05) is 17.7 Å². The molecule has 0 aromatic heterocycles. The fourth-order valence-corrected chi connectivity index (χ4v) is 3.29. The van der Waals surface area contributed by atoms with Crippen LogP contribution in [0.2, 0.25) is 0 Å². The molecule has 0 unspecified atom stereocenters. The van der Waals surface area contributed by atoms with Gasteiger partial charge >= 0.3 is 0 Å². The van der Waals surface area contributed by atoms with E-state index in [4.69, 9.17) is 0 Å². The zero-order valence-corrected chi connectivity index (χ0v) is 12.7. The Morgan fingerprint density at radius 1 is 1.10 bits per heavy atom. The van der Waals surface area contributed by atoms with Gasteiger partial charge in [-0.3, -0.25) is 9.59 Å². The molecule has 3 rings (SSSR count). The number of anilines is 1. The first-order chi connectivity index (χ1) is 10.1. The largest absolute Gasteiger partial charge is 0.308 e. The average Bonchev–Trinajstić information content (AvgIpc) is 2.70. The average molecular weight is 297 g/mol. The standard InChI is InChI=1S/C17H15NO2S/c1-11-4-3-5-12(8-11)10-21-13-6-7-14-15(9-13)18(2)17(20)16(14)19/h3-9H,10H2,1-2H3. The van der Waals surface area contributed by atoms with Crippen LogP contribution in [-0.2, 0) is 10.5 Å². The summed E-state index contributed by atoms with van der Waals surface area (Å²) in [5.74, 6) is 0.0000704. The number of thioether (sulfide) groups is 1. The third-order valence-corrected chi connectivity index (χ3v) is 4.63. The molecule has 1 heterocycles. The molecular weight excluding hydrogens is 282 g/mol. The van der Waals surface area contributed by atoms with Crippen molar-refractivity contribution >= 4 is 29.1 Å². The Hall–Kier alpha value is -2.07. The van der Waals surface area contributed by atoms with Crippen molar-refractivity contribution in [1.82, 2.24) is 0 Å². The molecule has 1 amide bonds. The zero-order chi connectivity index (χ0) is 15.0. The first-order valence-electron chi connectivity index (χ1n) is 6.71. The molecule has 1 aliphatic rings. The van der Waals surface area contributed by atoms with Crippen LogP contribution in [-0.4, -0.2) is 18.7 Å². The van der Waals surface area contributed by atoms with Gasteiger partial charge in [0.15, 0.2) is 0 Å². The van der Waals surface area contributed by atoms with Crippen LogP contribution in [0.15, 0.2) is 47.4 Å². The molecule has 0 spiro atoms. The second-order valence-corrected chi connectivity index (χ2v) is 6.20. The maximum atomic E-state index is 11.7. The summed E-state index contributed by atoms with van der Waals surface area (Å²) in [5.41, 5.74) is 3.72. The molecule has 4 heteroatoms. The quantitative estimate of drug-likeness (QED) is 0.643. The van der Waals surface area contributed by atoms with E-state index in [9.17, 15) is 9.59 Å². The van der Waals surface area contributed by atoms with Gasteiger partial charge < -0.3 is 4.90 Å². The molecular formula is C17H15NO2S. The van der Waals surface area contributed by atoms with Gasteiger partial charge in [0.1, 0.15) is 0 Å². The Kier molecular flexibility index (Phi) is 3.55. The molecule has 0 saturated carbocycles. The molecule has 0 N–H and O–H groups in total. The summed E-state index contributed by atoms with van der Waals surface area (Å²) in [6.07, 6.45) is 0. The van der Waals surface area contributed by atoms with Crippen molar-refractivity contribution in [3.8, 4) is 0 Å². The van der Waals surface area contributed by atoms with E-state index in [1.54, 1.807) is 24.9 Å². The molecule has 2 aromatic carbocycles. The smallest absolute Gasteiger partial charge is 0.299 e.